The molecule has 3 rings (SSSR count). The number of halogens is 3. The van der Waals surface area contributed by atoms with E-state index in [1.807, 2.05) is 0 Å². The summed E-state index contributed by atoms with van der Waals surface area (Å²) in [5.41, 5.74) is 1.17. The van der Waals surface area contributed by atoms with Crippen molar-refractivity contribution in [1.29, 1.82) is 0 Å². The van der Waals surface area contributed by atoms with E-state index < -0.39 is 11.7 Å². The zero-order valence-corrected chi connectivity index (χ0v) is 11.5. The third kappa shape index (κ3) is 2.39. The summed E-state index contributed by atoms with van der Waals surface area (Å²) in [7, 11) is 2.08. The first-order valence-electron chi connectivity index (χ1n) is 7.12. The zero-order valence-electron chi connectivity index (χ0n) is 11.5. The smallest absolute Gasteiger partial charge is 0.385 e. The van der Waals surface area contributed by atoms with Crippen molar-refractivity contribution in [1.82, 2.24) is 4.90 Å². The molecule has 2 nitrogen and oxygen atoms in total. The number of hydrogen-bond acceptors (Lipinski definition) is 2. The van der Waals surface area contributed by atoms with Gasteiger partial charge in [0.05, 0.1) is 5.56 Å². The number of nitrogens with one attached hydrogen (secondary N) is 1. The van der Waals surface area contributed by atoms with Crippen molar-refractivity contribution >= 4 is 5.69 Å². The lowest BCUT2D eigenvalue weighted by Crippen LogP contribution is -2.34. The molecule has 1 fully saturated rings. The molecule has 0 amide bonds. The summed E-state index contributed by atoms with van der Waals surface area (Å²) in [5, 5.41) is 3.22. The van der Waals surface area contributed by atoms with Crippen molar-refractivity contribution in [3.8, 4) is 0 Å². The molecule has 110 valence electrons. The monoisotopic (exact) mass is 284 g/mol. The number of benzene rings is 1. The number of likely N-dealkylation sites (tertiary alicyclic amines) is 1. The maximum absolute atomic E-state index is 12.9. The molecule has 1 saturated heterocycles. The van der Waals surface area contributed by atoms with Crippen LogP contribution in [0.4, 0.5) is 18.9 Å². The molecule has 0 aromatic heterocycles. The third-order valence-corrected chi connectivity index (χ3v) is 4.59. The number of alkyl halides is 3. The summed E-state index contributed by atoms with van der Waals surface area (Å²) in [6.07, 6.45) is -1.14. The molecule has 2 aliphatic rings. The molecule has 0 aliphatic carbocycles. The molecule has 0 saturated carbocycles. The molecule has 2 unspecified atom stereocenters. The second-order valence-corrected chi connectivity index (χ2v) is 5.81. The van der Waals surface area contributed by atoms with Crippen LogP contribution in [0.15, 0.2) is 18.2 Å². The van der Waals surface area contributed by atoms with Crippen molar-refractivity contribution in [2.45, 2.75) is 37.4 Å². The van der Waals surface area contributed by atoms with Gasteiger partial charge in [0.15, 0.2) is 0 Å². The molecule has 2 heterocycles. The van der Waals surface area contributed by atoms with Crippen LogP contribution in [0.5, 0.6) is 0 Å². The number of likely N-dealkylation sites (N-methyl/N-ethyl adjacent to an activating group) is 1. The van der Waals surface area contributed by atoms with Crippen LogP contribution in [0, 0.1) is 0 Å². The van der Waals surface area contributed by atoms with E-state index in [0.29, 0.717) is 6.04 Å². The largest absolute Gasteiger partial charge is 0.416 e. The standard InChI is InChI=1S/C15H19F3N2/c1-20-8-2-3-14(20)11-6-7-19-13-5-4-10(9-12(11)13)15(16,17)18/h4-5,9,11,14,19H,2-3,6-8H2,1H3. The van der Waals surface area contributed by atoms with Crippen molar-refractivity contribution in [2.75, 3.05) is 25.5 Å². The number of nitrogens with zero attached hydrogens (tertiary/aromatic N) is 1. The van der Waals surface area contributed by atoms with Crippen LogP contribution in [-0.2, 0) is 6.18 Å². The maximum Gasteiger partial charge on any atom is 0.416 e. The van der Waals surface area contributed by atoms with Gasteiger partial charge in [-0.25, -0.2) is 0 Å². The molecular formula is C15H19F3N2. The molecule has 1 aromatic rings. The predicted octanol–water partition coefficient (Wildman–Crippen LogP) is 3.70. The Labute approximate surface area is 117 Å². The first kappa shape index (κ1) is 13.7. The Balaban J connectivity index is 1.98. The number of fused-ring (bicyclic) bond motifs is 1. The number of hydrogen-bond donors (Lipinski definition) is 1. The molecule has 2 aliphatic heterocycles. The highest BCUT2D eigenvalue weighted by Gasteiger charge is 2.36. The number of anilines is 1. The van der Waals surface area contributed by atoms with Gasteiger partial charge in [0.2, 0.25) is 0 Å². The molecule has 0 bridgehead atoms. The first-order chi connectivity index (χ1) is 9.47. The summed E-state index contributed by atoms with van der Waals surface area (Å²) >= 11 is 0. The highest BCUT2D eigenvalue weighted by atomic mass is 19.4. The second kappa shape index (κ2) is 4.95. The van der Waals surface area contributed by atoms with E-state index in [-0.39, 0.29) is 5.92 Å². The molecule has 0 radical (unpaired) electrons. The molecule has 1 aromatic carbocycles. The van der Waals surface area contributed by atoms with E-state index in [0.717, 1.165) is 43.6 Å². The minimum Gasteiger partial charge on any atom is -0.385 e. The molecule has 5 heteroatoms. The van der Waals surface area contributed by atoms with Crippen molar-refractivity contribution in [3.63, 3.8) is 0 Å². The highest BCUT2D eigenvalue weighted by Crippen LogP contribution is 2.41. The molecule has 0 spiro atoms. The first-order valence-corrected chi connectivity index (χ1v) is 7.12. The van der Waals surface area contributed by atoms with E-state index in [1.165, 1.54) is 12.1 Å². The van der Waals surface area contributed by atoms with E-state index in [9.17, 15) is 13.2 Å². The van der Waals surface area contributed by atoms with Crippen molar-refractivity contribution in [2.24, 2.45) is 0 Å². The lowest BCUT2D eigenvalue weighted by atomic mass is 9.83. The van der Waals surface area contributed by atoms with Crippen LogP contribution in [-0.4, -0.2) is 31.1 Å². The predicted molar refractivity (Wildman–Crippen MR) is 72.9 cm³/mol. The van der Waals surface area contributed by atoms with Gasteiger partial charge in [-0.1, -0.05) is 0 Å². The highest BCUT2D eigenvalue weighted by molar-refractivity contribution is 5.57. The molecular weight excluding hydrogens is 265 g/mol. The van der Waals surface area contributed by atoms with Gasteiger partial charge in [-0.05, 0) is 56.6 Å². The van der Waals surface area contributed by atoms with Crippen molar-refractivity contribution in [3.05, 3.63) is 29.3 Å². The Kier molecular flexibility index (Phi) is 3.40. The molecule has 20 heavy (non-hydrogen) atoms. The zero-order chi connectivity index (χ0) is 14.3. The molecule has 2 atom stereocenters. The normalized spacial score (nSPS) is 27.2. The summed E-state index contributed by atoms with van der Waals surface area (Å²) in [6.45, 7) is 1.89. The van der Waals surface area contributed by atoms with Crippen LogP contribution in [0.25, 0.3) is 0 Å². The van der Waals surface area contributed by atoms with Gasteiger partial charge in [-0.3, -0.25) is 0 Å². The summed E-state index contributed by atoms with van der Waals surface area (Å²) < 4.78 is 38.7. The minimum absolute atomic E-state index is 0.209. The van der Waals surface area contributed by atoms with Crippen LogP contribution >= 0.6 is 0 Å². The Morgan fingerprint density at radius 1 is 1.25 bits per heavy atom. The fraction of sp³-hybridized carbons (Fsp3) is 0.600. The van der Waals surface area contributed by atoms with Gasteiger partial charge >= 0.3 is 6.18 Å². The van der Waals surface area contributed by atoms with Crippen LogP contribution in [0.2, 0.25) is 0 Å². The fourth-order valence-corrected chi connectivity index (χ4v) is 3.57. The summed E-state index contributed by atoms with van der Waals surface area (Å²) in [4.78, 5) is 2.29. The molecule has 1 N–H and O–H groups in total. The SMILES string of the molecule is CN1CCCC1C1CCNc2ccc(C(F)(F)F)cc21. The quantitative estimate of drug-likeness (QED) is 0.846. The average molecular weight is 284 g/mol. The Hall–Kier alpha value is -1.23. The van der Waals surface area contributed by atoms with Crippen LogP contribution in [0.1, 0.15) is 36.3 Å². The minimum atomic E-state index is -4.27. The Bertz CT molecular complexity index is 498. The van der Waals surface area contributed by atoms with Gasteiger partial charge in [0.25, 0.3) is 0 Å². The van der Waals surface area contributed by atoms with Gasteiger partial charge < -0.3 is 10.2 Å². The van der Waals surface area contributed by atoms with Gasteiger partial charge in [0, 0.05) is 24.2 Å². The Morgan fingerprint density at radius 2 is 2.05 bits per heavy atom. The maximum atomic E-state index is 12.9. The lowest BCUT2D eigenvalue weighted by Gasteiger charge is -2.34. The summed E-state index contributed by atoms with van der Waals surface area (Å²) in [5.74, 6) is 0.209. The average Bonchev–Trinajstić information content (AvgIpc) is 2.82. The van der Waals surface area contributed by atoms with Gasteiger partial charge in [-0.15, -0.1) is 0 Å². The Morgan fingerprint density at radius 3 is 2.70 bits per heavy atom. The lowest BCUT2D eigenvalue weighted by molar-refractivity contribution is -0.137. The van der Waals surface area contributed by atoms with Gasteiger partial charge in [0.1, 0.15) is 0 Å². The van der Waals surface area contributed by atoms with Crippen LogP contribution < -0.4 is 5.32 Å². The van der Waals surface area contributed by atoms with E-state index in [2.05, 4.69) is 17.3 Å². The third-order valence-electron chi connectivity index (χ3n) is 4.59. The van der Waals surface area contributed by atoms with E-state index >= 15 is 0 Å². The van der Waals surface area contributed by atoms with E-state index in [4.69, 9.17) is 0 Å². The van der Waals surface area contributed by atoms with E-state index in [1.54, 1.807) is 6.07 Å². The van der Waals surface area contributed by atoms with Crippen LogP contribution in [0.3, 0.4) is 0 Å². The fourth-order valence-electron chi connectivity index (χ4n) is 3.57. The topological polar surface area (TPSA) is 15.3 Å². The number of rotatable bonds is 1. The van der Waals surface area contributed by atoms with Crippen molar-refractivity contribution < 1.29 is 13.2 Å². The summed E-state index contributed by atoms with van der Waals surface area (Å²) in [6, 6.07) is 4.48. The van der Waals surface area contributed by atoms with Gasteiger partial charge in [-0.2, -0.15) is 13.2 Å². The second-order valence-electron chi connectivity index (χ2n) is 5.81.